The van der Waals surface area contributed by atoms with Gasteiger partial charge in [-0.3, -0.25) is 14.9 Å². The summed E-state index contributed by atoms with van der Waals surface area (Å²) in [5.41, 5.74) is 0.0149. The molecule has 0 saturated carbocycles. The van der Waals surface area contributed by atoms with E-state index in [1.165, 1.54) is 23.5 Å². The van der Waals surface area contributed by atoms with Gasteiger partial charge in [-0.25, -0.2) is 0 Å². The molecule has 0 atom stereocenters. The summed E-state index contributed by atoms with van der Waals surface area (Å²) in [5.74, 6) is -0.378. The highest BCUT2D eigenvalue weighted by atomic mass is 79.9. The monoisotopic (exact) mass is 404 g/mol. The molecule has 0 unspecified atom stereocenters. The summed E-state index contributed by atoms with van der Waals surface area (Å²) >= 11 is 7.73. The molecule has 0 aliphatic carbocycles. The van der Waals surface area contributed by atoms with Crippen LogP contribution in [0.3, 0.4) is 0 Å². The summed E-state index contributed by atoms with van der Waals surface area (Å²) in [7, 11) is 0. The number of nitrogens with zero attached hydrogens (tertiary/aromatic N) is 1. The molecule has 0 aliphatic rings. The summed E-state index contributed by atoms with van der Waals surface area (Å²) in [5, 5.41) is 13.4. The highest BCUT2D eigenvalue weighted by Gasteiger charge is 2.17. The fraction of sp³-hybridized carbons (Fsp3) is 0. The molecule has 1 heterocycles. The molecule has 1 N–H and O–H groups in total. The van der Waals surface area contributed by atoms with Crippen LogP contribution in [0.4, 0.5) is 11.4 Å². The maximum Gasteiger partial charge on any atom is 0.292 e. The average Bonchev–Trinajstić information content (AvgIpc) is 2.75. The highest BCUT2D eigenvalue weighted by molar-refractivity contribution is 9.11. The molecule has 2 rings (SSSR count). The van der Waals surface area contributed by atoms with Crippen LogP contribution in [0.25, 0.3) is 0 Å². The largest absolute Gasteiger partial charge is 0.315 e. The van der Waals surface area contributed by atoms with Gasteiger partial charge in [-0.2, -0.15) is 0 Å². The van der Waals surface area contributed by atoms with Gasteiger partial charge >= 0.3 is 0 Å². The lowest BCUT2D eigenvalue weighted by molar-refractivity contribution is -0.383. The Morgan fingerprint density at radius 3 is 2.58 bits per heavy atom. The van der Waals surface area contributed by atoms with E-state index in [2.05, 4.69) is 37.2 Å². The number of hydrogen-bond acceptors (Lipinski definition) is 4. The van der Waals surface area contributed by atoms with Crippen molar-refractivity contribution in [2.24, 2.45) is 0 Å². The first-order valence-electron chi connectivity index (χ1n) is 4.98. The predicted octanol–water partition coefficient (Wildman–Crippen LogP) is 4.43. The molecule has 5 nitrogen and oxygen atoms in total. The summed E-state index contributed by atoms with van der Waals surface area (Å²) in [6.07, 6.45) is 0. The van der Waals surface area contributed by atoms with Crippen molar-refractivity contribution < 1.29 is 9.72 Å². The van der Waals surface area contributed by atoms with Crippen molar-refractivity contribution in [1.82, 2.24) is 0 Å². The number of amides is 1. The molecule has 0 radical (unpaired) electrons. The minimum Gasteiger partial charge on any atom is -0.315 e. The van der Waals surface area contributed by atoms with Crippen molar-refractivity contribution in [2.75, 3.05) is 5.32 Å². The number of nitro benzene ring substituents is 1. The van der Waals surface area contributed by atoms with Gasteiger partial charge in [-0.05, 0) is 40.2 Å². The Bertz CT molecular complexity index is 657. The van der Waals surface area contributed by atoms with Crippen LogP contribution in [0.15, 0.2) is 38.6 Å². The molecule has 98 valence electrons. The van der Waals surface area contributed by atoms with Crippen LogP contribution in [0.5, 0.6) is 0 Å². The topological polar surface area (TPSA) is 72.2 Å². The minimum atomic E-state index is -0.535. The quantitative estimate of drug-likeness (QED) is 0.606. The molecule has 0 spiro atoms. The van der Waals surface area contributed by atoms with E-state index in [0.717, 1.165) is 3.79 Å². The standard InChI is InChI=1S/C11H6Br2N2O3S/c12-6-1-2-8(15(17)18)7(5-6)14-11(16)9-3-4-10(13)19-9/h1-5H,(H,14,16). The Kier molecular flexibility index (Phi) is 4.33. The molecule has 0 aliphatic heterocycles. The van der Waals surface area contributed by atoms with Crippen molar-refractivity contribution >= 4 is 60.5 Å². The molecule has 1 aromatic carbocycles. The Labute approximate surface area is 129 Å². The lowest BCUT2D eigenvalue weighted by atomic mass is 10.2. The van der Waals surface area contributed by atoms with E-state index in [1.807, 2.05) is 0 Å². The maximum absolute atomic E-state index is 12.0. The van der Waals surface area contributed by atoms with Gasteiger partial charge in [0.1, 0.15) is 5.69 Å². The van der Waals surface area contributed by atoms with Crippen molar-refractivity contribution in [3.63, 3.8) is 0 Å². The van der Waals surface area contributed by atoms with Gasteiger partial charge in [0, 0.05) is 10.5 Å². The molecule has 0 bridgehead atoms. The zero-order valence-corrected chi connectivity index (χ0v) is 13.2. The molecule has 2 aromatic rings. The first kappa shape index (κ1) is 14.2. The Morgan fingerprint density at radius 1 is 1.26 bits per heavy atom. The van der Waals surface area contributed by atoms with Crippen LogP contribution in [0, 0.1) is 10.1 Å². The average molecular weight is 406 g/mol. The number of carbonyl (C=O) groups excluding carboxylic acids is 1. The number of nitro groups is 1. The van der Waals surface area contributed by atoms with Gasteiger partial charge in [0.15, 0.2) is 0 Å². The smallest absolute Gasteiger partial charge is 0.292 e. The SMILES string of the molecule is O=C(Nc1cc(Br)ccc1[N+](=O)[O-])c1ccc(Br)s1. The second-order valence-corrected chi connectivity index (χ2v) is 6.86. The molecule has 8 heteroatoms. The van der Waals surface area contributed by atoms with Gasteiger partial charge in [-0.1, -0.05) is 15.9 Å². The molecular weight excluding hydrogens is 400 g/mol. The third kappa shape index (κ3) is 3.40. The highest BCUT2D eigenvalue weighted by Crippen LogP contribution is 2.29. The minimum absolute atomic E-state index is 0.146. The van der Waals surface area contributed by atoms with Crippen molar-refractivity contribution in [1.29, 1.82) is 0 Å². The molecule has 1 amide bonds. The van der Waals surface area contributed by atoms with Gasteiger partial charge in [0.25, 0.3) is 11.6 Å². The second kappa shape index (κ2) is 5.81. The summed E-state index contributed by atoms with van der Waals surface area (Å²) < 4.78 is 1.47. The molecule has 0 saturated heterocycles. The van der Waals surface area contributed by atoms with E-state index in [0.29, 0.717) is 9.35 Å². The Morgan fingerprint density at radius 2 is 2.00 bits per heavy atom. The summed E-state index contributed by atoms with van der Waals surface area (Å²) in [6, 6.07) is 7.78. The Balaban J connectivity index is 2.30. The fourth-order valence-electron chi connectivity index (χ4n) is 1.39. The molecular formula is C11H6Br2N2O3S. The number of carbonyl (C=O) groups is 1. The lowest BCUT2D eigenvalue weighted by Gasteiger charge is -2.05. The van der Waals surface area contributed by atoms with Crippen LogP contribution in [0.2, 0.25) is 0 Å². The zero-order chi connectivity index (χ0) is 14.0. The third-order valence-corrected chi connectivity index (χ3v) is 4.32. The van der Waals surface area contributed by atoms with Crippen LogP contribution in [0.1, 0.15) is 9.67 Å². The number of benzene rings is 1. The van der Waals surface area contributed by atoms with Crippen LogP contribution < -0.4 is 5.32 Å². The number of nitrogens with one attached hydrogen (secondary N) is 1. The second-order valence-electron chi connectivity index (χ2n) is 3.48. The molecule has 19 heavy (non-hydrogen) atoms. The first-order chi connectivity index (χ1) is 8.97. The van der Waals surface area contributed by atoms with Crippen molar-refractivity contribution in [3.8, 4) is 0 Å². The van der Waals surface area contributed by atoms with Crippen LogP contribution >= 0.6 is 43.2 Å². The molecule has 0 fully saturated rings. The van der Waals surface area contributed by atoms with E-state index >= 15 is 0 Å². The van der Waals surface area contributed by atoms with E-state index < -0.39 is 4.92 Å². The van der Waals surface area contributed by atoms with Crippen molar-refractivity contribution in [3.05, 3.63) is 53.6 Å². The number of thiophene rings is 1. The van der Waals surface area contributed by atoms with Crippen molar-refractivity contribution in [2.45, 2.75) is 0 Å². The lowest BCUT2D eigenvalue weighted by Crippen LogP contribution is -2.11. The number of rotatable bonds is 3. The predicted molar refractivity (Wildman–Crippen MR) is 80.8 cm³/mol. The van der Waals surface area contributed by atoms with Gasteiger partial charge in [-0.15, -0.1) is 11.3 Å². The number of anilines is 1. The van der Waals surface area contributed by atoms with E-state index in [1.54, 1.807) is 18.2 Å². The summed E-state index contributed by atoms with van der Waals surface area (Å²) in [4.78, 5) is 22.8. The summed E-state index contributed by atoms with van der Waals surface area (Å²) in [6.45, 7) is 0. The van der Waals surface area contributed by atoms with E-state index in [9.17, 15) is 14.9 Å². The van der Waals surface area contributed by atoms with E-state index in [4.69, 9.17) is 0 Å². The fourth-order valence-corrected chi connectivity index (χ4v) is 3.03. The normalized spacial score (nSPS) is 10.2. The van der Waals surface area contributed by atoms with Gasteiger partial charge < -0.3 is 5.32 Å². The Hall–Kier alpha value is -1.25. The number of halogens is 2. The van der Waals surface area contributed by atoms with Crippen LogP contribution in [-0.4, -0.2) is 10.8 Å². The van der Waals surface area contributed by atoms with Crippen LogP contribution in [-0.2, 0) is 0 Å². The van der Waals surface area contributed by atoms with E-state index in [-0.39, 0.29) is 17.3 Å². The zero-order valence-electron chi connectivity index (χ0n) is 9.22. The third-order valence-electron chi connectivity index (χ3n) is 2.20. The first-order valence-corrected chi connectivity index (χ1v) is 7.38. The maximum atomic E-state index is 12.0. The number of hydrogen-bond donors (Lipinski definition) is 1. The van der Waals surface area contributed by atoms with Gasteiger partial charge in [0.05, 0.1) is 13.6 Å². The molecule has 1 aromatic heterocycles. The van der Waals surface area contributed by atoms with Gasteiger partial charge in [0.2, 0.25) is 0 Å².